The molecule has 0 atom stereocenters. The zero-order valence-electron chi connectivity index (χ0n) is 9.93. The van der Waals surface area contributed by atoms with Gasteiger partial charge in [0.2, 0.25) is 0 Å². The molecule has 0 bridgehead atoms. The van der Waals surface area contributed by atoms with Crippen LogP contribution in [0.2, 0.25) is 0 Å². The number of carbonyl (C=O) groups is 2. The molecule has 2 aromatic rings. The molecule has 2 N–H and O–H groups in total. The SMILES string of the molecule is O=C(O)c1cccc(C(=O)Nc2ccc(F)c(Br)c2)n1. The third-order valence-corrected chi connectivity index (χ3v) is 2.99. The summed E-state index contributed by atoms with van der Waals surface area (Å²) < 4.78 is 13.3. The summed E-state index contributed by atoms with van der Waals surface area (Å²) in [5.41, 5.74) is 0.106. The molecule has 0 spiro atoms. The number of halogens is 2. The topological polar surface area (TPSA) is 79.3 Å². The number of rotatable bonds is 3. The Morgan fingerprint density at radius 2 is 1.90 bits per heavy atom. The highest BCUT2D eigenvalue weighted by atomic mass is 79.9. The molecule has 1 aromatic heterocycles. The van der Waals surface area contributed by atoms with E-state index in [1.165, 1.54) is 36.4 Å². The van der Waals surface area contributed by atoms with Gasteiger partial charge in [0.25, 0.3) is 5.91 Å². The summed E-state index contributed by atoms with van der Waals surface area (Å²) in [7, 11) is 0. The Bertz CT molecular complexity index is 691. The van der Waals surface area contributed by atoms with Crippen molar-refractivity contribution in [3.63, 3.8) is 0 Å². The predicted molar refractivity (Wildman–Crippen MR) is 73.2 cm³/mol. The quantitative estimate of drug-likeness (QED) is 0.901. The van der Waals surface area contributed by atoms with Crippen LogP contribution in [0.1, 0.15) is 21.0 Å². The molecule has 0 aliphatic heterocycles. The molecule has 0 saturated heterocycles. The van der Waals surface area contributed by atoms with Gasteiger partial charge in [0, 0.05) is 5.69 Å². The maximum absolute atomic E-state index is 13.1. The van der Waals surface area contributed by atoms with Crippen LogP contribution in [0.25, 0.3) is 0 Å². The number of aromatic nitrogens is 1. The molecule has 2 rings (SSSR count). The highest BCUT2D eigenvalue weighted by molar-refractivity contribution is 9.10. The fourth-order valence-electron chi connectivity index (χ4n) is 1.45. The van der Waals surface area contributed by atoms with E-state index in [2.05, 4.69) is 26.2 Å². The summed E-state index contributed by atoms with van der Waals surface area (Å²) >= 11 is 3.00. The molecule has 0 unspecified atom stereocenters. The van der Waals surface area contributed by atoms with Gasteiger partial charge in [-0.1, -0.05) is 6.07 Å². The fourth-order valence-corrected chi connectivity index (χ4v) is 1.83. The third-order valence-electron chi connectivity index (χ3n) is 2.38. The largest absolute Gasteiger partial charge is 0.477 e. The van der Waals surface area contributed by atoms with Crippen LogP contribution in [-0.4, -0.2) is 22.0 Å². The van der Waals surface area contributed by atoms with Crippen LogP contribution in [0.3, 0.4) is 0 Å². The maximum atomic E-state index is 13.1. The Morgan fingerprint density at radius 1 is 1.20 bits per heavy atom. The normalized spacial score (nSPS) is 10.1. The number of anilines is 1. The van der Waals surface area contributed by atoms with Crippen LogP contribution >= 0.6 is 15.9 Å². The molecule has 5 nitrogen and oxygen atoms in total. The lowest BCUT2D eigenvalue weighted by Gasteiger charge is -2.06. The van der Waals surface area contributed by atoms with Gasteiger partial charge in [0.15, 0.2) is 0 Å². The number of carboxylic acid groups (broad SMARTS) is 1. The molecule has 0 aliphatic carbocycles. The van der Waals surface area contributed by atoms with E-state index in [4.69, 9.17) is 5.11 Å². The summed E-state index contributed by atoms with van der Waals surface area (Å²) in [6.07, 6.45) is 0. The Balaban J connectivity index is 2.21. The number of carbonyl (C=O) groups excluding carboxylic acids is 1. The third kappa shape index (κ3) is 3.18. The van der Waals surface area contributed by atoms with Gasteiger partial charge >= 0.3 is 5.97 Å². The van der Waals surface area contributed by atoms with Crippen molar-refractivity contribution in [2.75, 3.05) is 5.32 Å². The molecule has 0 saturated carbocycles. The van der Waals surface area contributed by atoms with Gasteiger partial charge < -0.3 is 10.4 Å². The maximum Gasteiger partial charge on any atom is 0.354 e. The van der Waals surface area contributed by atoms with Crippen molar-refractivity contribution >= 4 is 33.5 Å². The Labute approximate surface area is 121 Å². The molecule has 1 heterocycles. The van der Waals surface area contributed by atoms with Crippen LogP contribution in [0, 0.1) is 5.82 Å². The zero-order chi connectivity index (χ0) is 14.7. The van der Waals surface area contributed by atoms with E-state index in [9.17, 15) is 14.0 Å². The number of pyridine rings is 1. The van der Waals surface area contributed by atoms with Crippen LogP contribution < -0.4 is 5.32 Å². The first-order valence-electron chi connectivity index (χ1n) is 5.44. The van der Waals surface area contributed by atoms with Gasteiger partial charge in [-0.05, 0) is 46.3 Å². The van der Waals surface area contributed by atoms with Crippen molar-refractivity contribution in [3.8, 4) is 0 Å². The lowest BCUT2D eigenvalue weighted by atomic mass is 10.2. The predicted octanol–water partition coefficient (Wildman–Crippen LogP) is 2.93. The van der Waals surface area contributed by atoms with Crippen molar-refractivity contribution in [3.05, 3.63) is 58.1 Å². The second kappa shape index (κ2) is 5.79. The highest BCUT2D eigenvalue weighted by Gasteiger charge is 2.12. The minimum Gasteiger partial charge on any atom is -0.477 e. The number of amides is 1. The first-order valence-corrected chi connectivity index (χ1v) is 6.23. The summed E-state index contributed by atoms with van der Waals surface area (Å²) in [5.74, 6) is -2.25. The summed E-state index contributed by atoms with van der Waals surface area (Å²) in [6, 6.07) is 8.08. The second-order valence-electron chi connectivity index (χ2n) is 3.80. The van der Waals surface area contributed by atoms with Crippen molar-refractivity contribution in [1.82, 2.24) is 4.98 Å². The summed E-state index contributed by atoms with van der Waals surface area (Å²) in [6.45, 7) is 0. The van der Waals surface area contributed by atoms with Crippen LogP contribution in [0.5, 0.6) is 0 Å². The van der Waals surface area contributed by atoms with Crippen molar-refractivity contribution < 1.29 is 19.1 Å². The number of carboxylic acids is 1. The molecule has 1 amide bonds. The molecule has 7 heteroatoms. The minimum absolute atomic E-state index is 0.0367. The number of aromatic carboxylic acids is 1. The minimum atomic E-state index is -1.22. The summed E-state index contributed by atoms with van der Waals surface area (Å²) in [5, 5.41) is 11.3. The number of benzene rings is 1. The van der Waals surface area contributed by atoms with Gasteiger partial charge in [0.05, 0.1) is 4.47 Å². The molecule has 20 heavy (non-hydrogen) atoms. The highest BCUT2D eigenvalue weighted by Crippen LogP contribution is 2.20. The first-order chi connectivity index (χ1) is 9.47. The monoisotopic (exact) mass is 338 g/mol. The van der Waals surface area contributed by atoms with E-state index >= 15 is 0 Å². The molecular formula is C13H8BrFN2O3. The lowest BCUT2D eigenvalue weighted by Crippen LogP contribution is -2.15. The average Bonchev–Trinajstić information content (AvgIpc) is 2.43. The second-order valence-corrected chi connectivity index (χ2v) is 4.65. The fraction of sp³-hybridized carbons (Fsp3) is 0. The van der Waals surface area contributed by atoms with E-state index in [0.29, 0.717) is 5.69 Å². The van der Waals surface area contributed by atoms with Gasteiger partial charge in [-0.25, -0.2) is 14.2 Å². The smallest absolute Gasteiger partial charge is 0.354 e. The van der Waals surface area contributed by atoms with Crippen molar-refractivity contribution in [2.45, 2.75) is 0 Å². The van der Waals surface area contributed by atoms with E-state index in [1.807, 2.05) is 0 Å². The van der Waals surface area contributed by atoms with Gasteiger partial charge in [-0.15, -0.1) is 0 Å². The van der Waals surface area contributed by atoms with Gasteiger partial charge in [0.1, 0.15) is 17.2 Å². The summed E-state index contributed by atoms with van der Waals surface area (Å²) in [4.78, 5) is 26.4. The number of nitrogens with one attached hydrogen (secondary N) is 1. The van der Waals surface area contributed by atoms with Gasteiger partial charge in [-0.2, -0.15) is 0 Å². The van der Waals surface area contributed by atoms with E-state index in [-0.39, 0.29) is 15.9 Å². The number of hydrogen-bond donors (Lipinski definition) is 2. The molecule has 102 valence electrons. The molecule has 1 aromatic carbocycles. The van der Waals surface area contributed by atoms with Gasteiger partial charge in [-0.3, -0.25) is 4.79 Å². The first kappa shape index (κ1) is 14.1. The molecule has 0 fully saturated rings. The van der Waals surface area contributed by atoms with E-state index in [1.54, 1.807) is 0 Å². The van der Waals surface area contributed by atoms with Crippen LogP contribution in [0.15, 0.2) is 40.9 Å². The lowest BCUT2D eigenvalue weighted by molar-refractivity contribution is 0.0690. The van der Waals surface area contributed by atoms with Crippen molar-refractivity contribution in [1.29, 1.82) is 0 Å². The number of hydrogen-bond acceptors (Lipinski definition) is 3. The standard InChI is InChI=1S/C13H8BrFN2O3/c14-8-6-7(4-5-9(8)15)16-12(18)10-2-1-3-11(17-10)13(19)20/h1-6H,(H,16,18)(H,19,20). The van der Waals surface area contributed by atoms with Crippen LogP contribution in [-0.2, 0) is 0 Å². The molecule has 0 aliphatic rings. The van der Waals surface area contributed by atoms with E-state index < -0.39 is 17.7 Å². The van der Waals surface area contributed by atoms with Crippen molar-refractivity contribution in [2.24, 2.45) is 0 Å². The average molecular weight is 339 g/mol. The Kier molecular flexibility index (Phi) is 4.09. The molecular weight excluding hydrogens is 331 g/mol. The Morgan fingerprint density at radius 3 is 2.55 bits per heavy atom. The van der Waals surface area contributed by atoms with E-state index in [0.717, 1.165) is 0 Å². The zero-order valence-corrected chi connectivity index (χ0v) is 11.5. The molecule has 0 radical (unpaired) electrons. The number of nitrogens with zero attached hydrogens (tertiary/aromatic N) is 1. The Hall–Kier alpha value is -2.28. The van der Waals surface area contributed by atoms with Crippen LogP contribution in [0.4, 0.5) is 10.1 Å².